The second-order valence-electron chi connectivity index (χ2n) is 3.47. The third-order valence-electron chi connectivity index (χ3n) is 2.36. The van der Waals surface area contributed by atoms with E-state index in [9.17, 15) is 9.59 Å². The topological polar surface area (TPSA) is 74.8 Å². The Hall–Kier alpha value is -2.43. The summed E-state index contributed by atoms with van der Waals surface area (Å²) in [5.41, 5.74) is 1.76. The zero-order valence-electron chi connectivity index (χ0n) is 9.23. The molecule has 0 atom stereocenters. The van der Waals surface area contributed by atoms with E-state index in [4.69, 9.17) is 0 Å². The number of carbonyl (C=O) groups is 1. The van der Waals surface area contributed by atoms with Crippen molar-refractivity contribution in [2.24, 2.45) is 0 Å². The largest absolute Gasteiger partial charge is 0.355 e. The number of benzene rings is 1. The highest BCUT2D eigenvalue weighted by molar-refractivity contribution is 5.95. The summed E-state index contributed by atoms with van der Waals surface area (Å²) in [6, 6.07) is 7.10. The molecule has 0 saturated carbocycles. The summed E-state index contributed by atoms with van der Waals surface area (Å²) in [4.78, 5) is 28.4. The molecule has 1 heterocycles. The summed E-state index contributed by atoms with van der Waals surface area (Å²) in [5, 5.41) is 2.56. The normalized spacial score (nSPS) is 9.94. The fourth-order valence-electron chi connectivity index (χ4n) is 1.48. The van der Waals surface area contributed by atoms with Crippen LogP contribution in [0, 0.1) is 0 Å². The summed E-state index contributed by atoms with van der Waals surface area (Å²) < 4.78 is 0. The van der Waals surface area contributed by atoms with Crippen LogP contribution >= 0.6 is 0 Å². The van der Waals surface area contributed by atoms with Crippen LogP contribution in [0.5, 0.6) is 0 Å². The quantitative estimate of drug-likeness (QED) is 0.799. The molecule has 0 radical (unpaired) electrons. The second kappa shape index (κ2) is 4.61. The molecule has 5 heteroatoms. The van der Waals surface area contributed by atoms with Crippen LogP contribution in [0.4, 0.5) is 0 Å². The molecule has 5 nitrogen and oxygen atoms in total. The minimum atomic E-state index is -0.392. The zero-order valence-corrected chi connectivity index (χ0v) is 9.23. The Labute approximate surface area is 97.5 Å². The van der Waals surface area contributed by atoms with Gasteiger partial charge in [0.2, 0.25) is 0 Å². The van der Waals surface area contributed by atoms with E-state index < -0.39 is 5.69 Å². The highest BCUT2D eigenvalue weighted by Crippen LogP contribution is 2.17. The van der Waals surface area contributed by atoms with E-state index in [0.717, 1.165) is 11.1 Å². The van der Waals surface area contributed by atoms with Crippen molar-refractivity contribution in [3.05, 3.63) is 52.7 Å². The van der Waals surface area contributed by atoms with E-state index >= 15 is 0 Å². The first-order valence-electron chi connectivity index (χ1n) is 5.08. The van der Waals surface area contributed by atoms with Crippen LogP contribution in [0.3, 0.4) is 0 Å². The molecule has 0 aliphatic heterocycles. The van der Waals surface area contributed by atoms with Crippen molar-refractivity contribution < 1.29 is 4.79 Å². The summed E-state index contributed by atoms with van der Waals surface area (Å²) >= 11 is 0. The lowest BCUT2D eigenvalue weighted by Crippen LogP contribution is -2.17. The summed E-state index contributed by atoms with van der Waals surface area (Å²) in [7, 11) is 1.58. The molecule has 0 unspecified atom stereocenters. The Balaban J connectivity index is 2.42. The fourth-order valence-corrected chi connectivity index (χ4v) is 1.48. The van der Waals surface area contributed by atoms with E-state index in [1.54, 1.807) is 31.4 Å². The lowest BCUT2D eigenvalue weighted by atomic mass is 10.1. The highest BCUT2D eigenvalue weighted by atomic mass is 16.1. The van der Waals surface area contributed by atoms with E-state index in [0.29, 0.717) is 5.56 Å². The van der Waals surface area contributed by atoms with Gasteiger partial charge in [0.05, 0.1) is 0 Å². The first-order chi connectivity index (χ1) is 8.20. The third-order valence-corrected chi connectivity index (χ3v) is 2.36. The SMILES string of the molecule is CNC(=O)c1cccc(-c2cnc(=O)[nH]c2)c1. The van der Waals surface area contributed by atoms with Gasteiger partial charge in [-0.3, -0.25) is 4.79 Å². The number of H-pyrrole nitrogens is 1. The van der Waals surface area contributed by atoms with Gasteiger partial charge in [0.25, 0.3) is 5.91 Å². The number of rotatable bonds is 2. The average molecular weight is 229 g/mol. The monoisotopic (exact) mass is 229 g/mol. The summed E-state index contributed by atoms with van der Waals surface area (Å²) in [6.07, 6.45) is 3.04. The molecule has 0 aliphatic rings. The molecule has 2 aromatic rings. The van der Waals surface area contributed by atoms with Gasteiger partial charge in [-0.1, -0.05) is 12.1 Å². The van der Waals surface area contributed by atoms with Crippen LogP contribution in [0.25, 0.3) is 11.1 Å². The van der Waals surface area contributed by atoms with Gasteiger partial charge in [-0.2, -0.15) is 0 Å². The fraction of sp³-hybridized carbons (Fsp3) is 0.0833. The number of hydrogen-bond acceptors (Lipinski definition) is 3. The van der Waals surface area contributed by atoms with E-state index in [-0.39, 0.29) is 5.91 Å². The van der Waals surface area contributed by atoms with Gasteiger partial charge in [-0.15, -0.1) is 0 Å². The zero-order chi connectivity index (χ0) is 12.3. The van der Waals surface area contributed by atoms with E-state index in [2.05, 4.69) is 15.3 Å². The number of carbonyl (C=O) groups excluding carboxylic acids is 1. The van der Waals surface area contributed by atoms with Gasteiger partial charge < -0.3 is 10.3 Å². The van der Waals surface area contributed by atoms with Crippen molar-refractivity contribution in [1.82, 2.24) is 15.3 Å². The van der Waals surface area contributed by atoms with Crippen molar-refractivity contribution in [2.45, 2.75) is 0 Å². The number of nitrogens with zero attached hydrogens (tertiary/aromatic N) is 1. The van der Waals surface area contributed by atoms with Crippen LogP contribution < -0.4 is 11.0 Å². The number of nitrogens with one attached hydrogen (secondary N) is 2. The molecule has 86 valence electrons. The molecule has 17 heavy (non-hydrogen) atoms. The first kappa shape index (κ1) is 11.1. The van der Waals surface area contributed by atoms with Crippen molar-refractivity contribution in [3.8, 4) is 11.1 Å². The van der Waals surface area contributed by atoms with Gasteiger partial charge >= 0.3 is 5.69 Å². The second-order valence-corrected chi connectivity index (χ2v) is 3.47. The van der Waals surface area contributed by atoms with E-state index in [1.165, 1.54) is 6.20 Å². The molecule has 0 bridgehead atoms. The van der Waals surface area contributed by atoms with Gasteiger partial charge in [0, 0.05) is 30.6 Å². The van der Waals surface area contributed by atoms with Crippen LogP contribution in [0.2, 0.25) is 0 Å². The number of aromatic amines is 1. The maximum Gasteiger partial charge on any atom is 0.344 e. The molecule has 1 aromatic carbocycles. The standard InChI is InChI=1S/C12H11N3O2/c1-13-11(16)9-4-2-3-8(5-9)10-6-14-12(17)15-7-10/h2-7H,1H3,(H,13,16)(H,14,15,17). The molecule has 0 aliphatic carbocycles. The number of aromatic nitrogens is 2. The molecule has 0 fully saturated rings. The maximum absolute atomic E-state index is 11.5. The Kier molecular flexibility index (Phi) is 3.00. The maximum atomic E-state index is 11.5. The minimum absolute atomic E-state index is 0.149. The molecule has 2 rings (SSSR count). The molecule has 1 amide bonds. The molecule has 1 aromatic heterocycles. The van der Waals surface area contributed by atoms with Crippen molar-refractivity contribution in [2.75, 3.05) is 7.05 Å². The van der Waals surface area contributed by atoms with Crippen LogP contribution in [-0.4, -0.2) is 22.9 Å². The summed E-state index contributed by atoms with van der Waals surface area (Å²) in [6.45, 7) is 0. The summed E-state index contributed by atoms with van der Waals surface area (Å²) in [5.74, 6) is -0.149. The van der Waals surface area contributed by atoms with Crippen molar-refractivity contribution in [3.63, 3.8) is 0 Å². The molecule has 0 saturated heterocycles. The number of amides is 1. The smallest absolute Gasteiger partial charge is 0.344 e. The third kappa shape index (κ3) is 2.39. The van der Waals surface area contributed by atoms with Crippen LogP contribution in [0.1, 0.15) is 10.4 Å². The predicted molar refractivity (Wildman–Crippen MR) is 63.7 cm³/mol. The molecule has 0 spiro atoms. The van der Waals surface area contributed by atoms with E-state index in [1.807, 2.05) is 6.07 Å². The van der Waals surface area contributed by atoms with Gasteiger partial charge in [0.1, 0.15) is 0 Å². The first-order valence-corrected chi connectivity index (χ1v) is 5.08. The van der Waals surface area contributed by atoms with Gasteiger partial charge in [-0.05, 0) is 17.7 Å². The van der Waals surface area contributed by atoms with Crippen molar-refractivity contribution >= 4 is 5.91 Å². The molecule has 2 N–H and O–H groups in total. The predicted octanol–water partition coefficient (Wildman–Crippen LogP) is 0.796. The van der Waals surface area contributed by atoms with Gasteiger partial charge in [-0.25, -0.2) is 9.78 Å². The molecular formula is C12H11N3O2. The minimum Gasteiger partial charge on any atom is -0.355 e. The van der Waals surface area contributed by atoms with Crippen molar-refractivity contribution in [1.29, 1.82) is 0 Å². The Bertz CT molecular complexity index is 584. The lowest BCUT2D eigenvalue weighted by molar-refractivity contribution is 0.0963. The highest BCUT2D eigenvalue weighted by Gasteiger charge is 2.05. The van der Waals surface area contributed by atoms with Crippen LogP contribution in [-0.2, 0) is 0 Å². The molecular weight excluding hydrogens is 218 g/mol. The van der Waals surface area contributed by atoms with Crippen LogP contribution in [0.15, 0.2) is 41.5 Å². The Morgan fingerprint density at radius 1 is 1.35 bits per heavy atom. The Morgan fingerprint density at radius 2 is 2.18 bits per heavy atom. The number of hydrogen-bond donors (Lipinski definition) is 2. The van der Waals surface area contributed by atoms with Gasteiger partial charge in [0.15, 0.2) is 0 Å². The Morgan fingerprint density at radius 3 is 2.82 bits per heavy atom. The average Bonchev–Trinajstić information content (AvgIpc) is 2.39. The lowest BCUT2D eigenvalue weighted by Gasteiger charge is -2.03.